The zero-order valence-corrected chi connectivity index (χ0v) is 13.7. The molecule has 0 atom stereocenters. The molecular weight excluding hydrogens is 302 g/mol. The largest absolute Gasteiger partial charge is 0.348 e. The maximum absolute atomic E-state index is 12.5. The number of hydrogen-bond donors (Lipinski definition) is 2. The van der Waals surface area contributed by atoms with E-state index >= 15 is 0 Å². The van der Waals surface area contributed by atoms with Crippen molar-refractivity contribution in [3.05, 3.63) is 47.5 Å². The van der Waals surface area contributed by atoms with E-state index in [1.165, 1.54) is 0 Å². The van der Waals surface area contributed by atoms with Crippen LogP contribution in [0.4, 0.5) is 0 Å². The number of carbonyl (C=O) groups is 1. The second-order valence-corrected chi connectivity index (χ2v) is 5.82. The monoisotopic (exact) mass is 323 g/mol. The minimum absolute atomic E-state index is 0.165. The van der Waals surface area contributed by atoms with E-state index in [9.17, 15) is 4.79 Å². The molecule has 2 N–H and O–H groups in total. The fourth-order valence-electron chi connectivity index (χ4n) is 2.78. The zero-order chi connectivity index (χ0) is 16.8. The summed E-state index contributed by atoms with van der Waals surface area (Å²) in [5, 5.41) is 9.87. The first-order valence-corrected chi connectivity index (χ1v) is 8.25. The van der Waals surface area contributed by atoms with Gasteiger partial charge in [-0.1, -0.05) is 18.8 Å². The fraction of sp³-hybridized carbons (Fsp3) is 0.389. The first-order chi connectivity index (χ1) is 11.8. The highest BCUT2D eigenvalue weighted by molar-refractivity contribution is 5.94. The number of aromatic nitrogens is 3. The van der Waals surface area contributed by atoms with Crippen molar-refractivity contribution in [1.82, 2.24) is 25.4 Å². The molecule has 0 saturated carbocycles. The molecule has 1 fully saturated rings. The number of likely N-dealkylation sites (tertiary alicyclic amines) is 1. The Balaban J connectivity index is 1.65. The van der Waals surface area contributed by atoms with Gasteiger partial charge in [0.05, 0.1) is 5.56 Å². The lowest BCUT2D eigenvalue weighted by molar-refractivity contribution is 0.0907. The number of hydrogen-bond acceptors (Lipinski definition) is 4. The van der Waals surface area contributed by atoms with Crippen LogP contribution in [-0.2, 0) is 0 Å². The lowest BCUT2D eigenvalue weighted by Crippen LogP contribution is -2.44. The average molecular weight is 323 g/mol. The minimum Gasteiger partial charge on any atom is -0.348 e. The summed E-state index contributed by atoms with van der Waals surface area (Å²) < 4.78 is 0. The summed E-state index contributed by atoms with van der Waals surface area (Å²) >= 11 is 0. The maximum Gasteiger partial charge on any atom is 0.273 e. The Labute approximate surface area is 141 Å². The summed E-state index contributed by atoms with van der Waals surface area (Å²) in [5.74, 6) is 5.83. The SMILES string of the molecule is CCN1CCC(NC(=O)c2n[nH]cc2C#Cc2cccnc2)CC1. The summed E-state index contributed by atoms with van der Waals surface area (Å²) in [6, 6.07) is 3.91. The topological polar surface area (TPSA) is 73.9 Å². The Kier molecular flexibility index (Phi) is 5.24. The number of H-pyrrole nitrogens is 1. The highest BCUT2D eigenvalue weighted by Gasteiger charge is 2.22. The van der Waals surface area contributed by atoms with Gasteiger partial charge in [-0.2, -0.15) is 5.10 Å². The van der Waals surface area contributed by atoms with Crippen LogP contribution in [0.1, 0.15) is 41.4 Å². The van der Waals surface area contributed by atoms with E-state index in [1.807, 2.05) is 12.1 Å². The van der Waals surface area contributed by atoms with E-state index in [0.29, 0.717) is 11.3 Å². The van der Waals surface area contributed by atoms with Gasteiger partial charge in [-0.05, 0) is 31.5 Å². The van der Waals surface area contributed by atoms with Crippen molar-refractivity contribution in [2.45, 2.75) is 25.8 Å². The molecule has 124 valence electrons. The van der Waals surface area contributed by atoms with E-state index < -0.39 is 0 Å². The molecule has 6 nitrogen and oxygen atoms in total. The first-order valence-electron chi connectivity index (χ1n) is 8.25. The van der Waals surface area contributed by atoms with Crippen LogP contribution in [0.15, 0.2) is 30.7 Å². The number of piperidine rings is 1. The second kappa shape index (κ2) is 7.75. The lowest BCUT2D eigenvalue weighted by atomic mass is 10.0. The third-order valence-corrected chi connectivity index (χ3v) is 4.23. The van der Waals surface area contributed by atoms with Crippen LogP contribution in [0.5, 0.6) is 0 Å². The van der Waals surface area contributed by atoms with Crippen LogP contribution in [0.3, 0.4) is 0 Å². The molecule has 1 amide bonds. The van der Waals surface area contributed by atoms with Gasteiger partial charge in [0.2, 0.25) is 0 Å². The van der Waals surface area contributed by atoms with Crippen LogP contribution in [0.2, 0.25) is 0 Å². The fourth-order valence-corrected chi connectivity index (χ4v) is 2.78. The summed E-state index contributed by atoms with van der Waals surface area (Å²) in [5.41, 5.74) is 1.75. The molecule has 0 aliphatic carbocycles. The van der Waals surface area contributed by atoms with E-state index in [4.69, 9.17) is 0 Å². The predicted octanol–water partition coefficient (Wildman–Crippen LogP) is 1.42. The standard InChI is InChI=1S/C18H21N5O/c1-2-23-10-7-16(8-11-23)21-18(24)17-15(13-20-22-17)6-5-14-4-3-9-19-12-14/h3-4,9,12-13,16H,2,7-8,10-11H2,1H3,(H,20,22)(H,21,24). The molecule has 0 spiro atoms. The predicted molar refractivity (Wildman–Crippen MR) is 91.4 cm³/mol. The number of aromatic amines is 1. The Morgan fingerprint density at radius 2 is 2.25 bits per heavy atom. The van der Waals surface area contributed by atoms with Gasteiger partial charge in [-0.25, -0.2) is 0 Å². The Hall–Kier alpha value is -2.65. The summed E-state index contributed by atoms with van der Waals surface area (Å²) in [7, 11) is 0. The first kappa shape index (κ1) is 16.2. The van der Waals surface area contributed by atoms with Crippen LogP contribution in [0, 0.1) is 11.8 Å². The number of nitrogens with one attached hydrogen (secondary N) is 2. The molecule has 0 unspecified atom stereocenters. The smallest absolute Gasteiger partial charge is 0.273 e. The quantitative estimate of drug-likeness (QED) is 0.838. The Morgan fingerprint density at radius 3 is 2.96 bits per heavy atom. The van der Waals surface area contributed by atoms with Crippen molar-refractivity contribution in [3.63, 3.8) is 0 Å². The molecule has 3 heterocycles. The number of pyridine rings is 1. The molecule has 0 radical (unpaired) electrons. The van der Waals surface area contributed by atoms with Crippen molar-refractivity contribution in [2.24, 2.45) is 0 Å². The van der Waals surface area contributed by atoms with E-state index in [1.54, 1.807) is 18.6 Å². The lowest BCUT2D eigenvalue weighted by Gasteiger charge is -2.31. The number of amides is 1. The second-order valence-electron chi connectivity index (χ2n) is 5.82. The zero-order valence-electron chi connectivity index (χ0n) is 13.7. The highest BCUT2D eigenvalue weighted by Crippen LogP contribution is 2.11. The van der Waals surface area contributed by atoms with Crippen molar-refractivity contribution in [3.8, 4) is 11.8 Å². The maximum atomic E-state index is 12.5. The van der Waals surface area contributed by atoms with Gasteiger partial charge in [-0.3, -0.25) is 14.9 Å². The van der Waals surface area contributed by atoms with Crippen LogP contribution in [0.25, 0.3) is 0 Å². The van der Waals surface area contributed by atoms with Gasteiger partial charge in [-0.15, -0.1) is 0 Å². The molecule has 2 aromatic heterocycles. The van der Waals surface area contributed by atoms with Crippen molar-refractivity contribution >= 4 is 5.91 Å². The molecule has 0 aromatic carbocycles. The molecule has 2 aromatic rings. The third-order valence-electron chi connectivity index (χ3n) is 4.23. The highest BCUT2D eigenvalue weighted by atomic mass is 16.2. The normalized spacial score (nSPS) is 15.5. The Bertz CT molecular complexity index is 736. The van der Waals surface area contributed by atoms with Crippen molar-refractivity contribution in [1.29, 1.82) is 0 Å². The minimum atomic E-state index is -0.165. The average Bonchev–Trinajstić information content (AvgIpc) is 3.10. The van der Waals surface area contributed by atoms with Crippen molar-refractivity contribution in [2.75, 3.05) is 19.6 Å². The van der Waals surface area contributed by atoms with Gasteiger partial charge in [0.1, 0.15) is 0 Å². The molecule has 0 bridgehead atoms. The number of nitrogens with zero attached hydrogens (tertiary/aromatic N) is 3. The molecule has 1 aliphatic rings. The molecule has 24 heavy (non-hydrogen) atoms. The van der Waals surface area contributed by atoms with Gasteiger partial charge in [0.15, 0.2) is 5.69 Å². The molecule has 6 heteroatoms. The van der Waals surface area contributed by atoms with Gasteiger partial charge < -0.3 is 10.2 Å². The molecule has 1 saturated heterocycles. The Morgan fingerprint density at radius 1 is 1.42 bits per heavy atom. The van der Waals surface area contributed by atoms with Crippen LogP contribution < -0.4 is 5.32 Å². The van der Waals surface area contributed by atoms with Crippen molar-refractivity contribution < 1.29 is 4.79 Å². The van der Waals surface area contributed by atoms with E-state index in [0.717, 1.165) is 38.0 Å². The van der Waals surface area contributed by atoms with Gasteiger partial charge in [0.25, 0.3) is 5.91 Å². The third kappa shape index (κ3) is 4.00. The van der Waals surface area contributed by atoms with E-state index in [2.05, 4.69) is 44.2 Å². The summed E-state index contributed by atoms with van der Waals surface area (Å²) in [6.45, 7) is 5.27. The van der Waals surface area contributed by atoms with Gasteiger partial charge in [0, 0.05) is 43.3 Å². The number of carbonyl (C=O) groups excluding carboxylic acids is 1. The van der Waals surface area contributed by atoms with Crippen LogP contribution in [-0.4, -0.2) is 51.7 Å². The number of rotatable bonds is 3. The van der Waals surface area contributed by atoms with Crippen LogP contribution >= 0.6 is 0 Å². The summed E-state index contributed by atoms with van der Waals surface area (Å²) in [4.78, 5) is 18.9. The summed E-state index contributed by atoms with van der Waals surface area (Å²) in [6.07, 6.45) is 6.99. The molecule has 3 rings (SSSR count). The van der Waals surface area contributed by atoms with Gasteiger partial charge >= 0.3 is 0 Å². The molecular formula is C18H21N5O. The van der Waals surface area contributed by atoms with E-state index in [-0.39, 0.29) is 11.9 Å². The molecule has 1 aliphatic heterocycles.